The molecule has 4 heteroatoms. The van der Waals surface area contributed by atoms with Crippen LogP contribution in [0.1, 0.15) is 5.56 Å². The van der Waals surface area contributed by atoms with Crippen LogP contribution < -0.4 is 0 Å². The summed E-state index contributed by atoms with van der Waals surface area (Å²) in [5.74, 6) is 0. The van der Waals surface area contributed by atoms with Crippen LogP contribution in [0.3, 0.4) is 0 Å². The van der Waals surface area contributed by atoms with Gasteiger partial charge in [-0.25, -0.2) is 4.98 Å². The number of hydrogen-bond donors (Lipinski definition) is 0. The molecule has 0 aliphatic rings. The molecule has 1 nitrogen and oxygen atoms in total. The molecule has 0 atom stereocenters. The fourth-order valence-corrected chi connectivity index (χ4v) is 2.10. The predicted molar refractivity (Wildman–Crippen MR) is 64.2 cm³/mol. The highest BCUT2D eigenvalue weighted by Gasteiger charge is 2.08. The van der Waals surface area contributed by atoms with E-state index in [0.717, 1.165) is 20.9 Å². The molecule has 2 aromatic rings. The van der Waals surface area contributed by atoms with Gasteiger partial charge in [-0.1, -0.05) is 39.1 Å². The van der Waals surface area contributed by atoms with E-state index in [2.05, 4.69) is 20.9 Å². The summed E-state index contributed by atoms with van der Waals surface area (Å²) < 4.78 is 0.982. The smallest absolute Gasteiger partial charge is 0.134 e. The summed E-state index contributed by atoms with van der Waals surface area (Å²) in [4.78, 5) is 4.24. The van der Waals surface area contributed by atoms with Crippen molar-refractivity contribution in [3.63, 3.8) is 0 Å². The third kappa shape index (κ3) is 1.62. The maximum absolute atomic E-state index is 6.16. The maximum Gasteiger partial charge on any atom is 0.134 e. The van der Waals surface area contributed by atoms with Crippen LogP contribution in [0.15, 0.2) is 22.7 Å². The third-order valence-corrected chi connectivity index (χ3v) is 3.40. The summed E-state index contributed by atoms with van der Waals surface area (Å²) in [6, 6.07) is 5.74. The van der Waals surface area contributed by atoms with Crippen LogP contribution in [-0.4, -0.2) is 4.98 Å². The highest BCUT2D eigenvalue weighted by atomic mass is 79.9. The SMILES string of the molecule is Cc1c(Cl)nc2ccc(Br)cc2c1Cl. The molecule has 0 saturated heterocycles. The van der Waals surface area contributed by atoms with Gasteiger partial charge in [0.2, 0.25) is 0 Å². The summed E-state index contributed by atoms with van der Waals surface area (Å²) in [5.41, 5.74) is 1.63. The number of benzene rings is 1. The van der Waals surface area contributed by atoms with E-state index in [1.54, 1.807) is 0 Å². The number of rotatable bonds is 0. The molecule has 0 N–H and O–H groups in total. The van der Waals surface area contributed by atoms with E-state index >= 15 is 0 Å². The summed E-state index contributed by atoms with van der Waals surface area (Å²) >= 11 is 15.5. The van der Waals surface area contributed by atoms with Crippen LogP contribution in [0.25, 0.3) is 10.9 Å². The van der Waals surface area contributed by atoms with Gasteiger partial charge in [0, 0.05) is 15.4 Å². The zero-order valence-electron chi connectivity index (χ0n) is 7.31. The Hall–Kier alpha value is -0.310. The Bertz CT molecular complexity index is 511. The maximum atomic E-state index is 6.16. The third-order valence-electron chi connectivity index (χ3n) is 2.05. The van der Waals surface area contributed by atoms with Crippen molar-refractivity contribution in [2.45, 2.75) is 6.92 Å². The zero-order chi connectivity index (χ0) is 10.3. The van der Waals surface area contributed by atoms with Crippen molar-refractivity contribution in [2.24, 2.45) is 0 Å². The van der Waals surface area contributed by atoms with Crippen molar-refractivity contribution in [1.29, 1.82) is 0 Å². The first-order chi connectivity index (χ1) is 6.59. The molecular formula is C10H6BrCl2N. The molecule has 0 aliphatic heterocycles. The lowest BCUT2D eigenvalue weighted by atomic mass is 10.2. The Kier molecular flexibility index (Phi) is 2.69. The molecule has 0 aliphatic carbocycles. The Balaban J connectivity index is 2.92. The van der Waals surface area contributed by atoms with Crippen molar-refractivity contribution >= 4 is 50.0 Å². The summed E-state index contributed by atoms with van der Waals surface area (Å²) in [5, 5.41) is 2.05. The van der Waals surface area contributed by atoms with E-state index in [4.69, 9.17) is 23.2 Å². The highest BCUT2D eigenvalue weighted by molar-refractivity contribution is 9.10. The number of halogens is 3. The number of aromatic nitrogens is 1. The lowest BCUT2D eigenvalue weighted by molar-refractivity contribution is 1.33. The first-order valence-corrected chi connectivity index (χ1v) is 5.55. The van der Waals surface area contributed by atoms with Crippen molar-refractivity contribution < 1.29 is 0 Å². The van der Waals surface area contributed by atoms with Gasteiger partial charge >= 0.3 is 0 Å². The Morgan fingerprint density at radius 2 is 2.00 bits per heavy atom. The Morgan fingerprint density at radius 1 is 1.29 bits per heavy atom. The van der Waals surface area contributed by atoms with Gasteiger partial charge in [-0.05, 0) is 25.1 Å². The second-order valence-electron chi connectivity index (χ2n) is 3.00. The lowest BCUT2D eigenvalue weighted by Crippen LogP contribution is -1.86. The molecule has 14 heavy (non-hydrogen) atoms. The predicted octanol–water partition coefficient (Wildman–Crippen LogP) is 4.61. The van der Waals surface area contributed by atoms with Crippen molar-refractivity contribution in [3.05, 3.63) is 38.4 Å². The lowest BCUT2D eigenvalue weighted by Gasteiger charge is -2.05. The van der Waals surface area contributed by atoms with Gasteiger partial charge in [0.15, 0.2) is 0 Å². The van der Waals surface area contributed by atoms with Crippen LogP contribution in [0.5, 0.6) is 0 Å². The summed E-state index contributed by atoms with van der Waals surface area (Å²) in [7, 11) is 0. The normalized spacial score (nSPS) is 10.9. The van der Waals surface area contributed by atoms with Gasteiger partial charge in [-0.15, -0.1) is 0 Å². The van der Waals surface area contributed by atoms with Crippen LogP contribution in [0, 0.1) is 6.92 Å². The highest BCUT2D eigenvalue weighted by Crippen LogP contribution is 2.31. The van der Waals surface area contributed by atoms with Gasteiger partial charge in [-0.2, -0.15) is 0 Å². The molecule has 0 fully saturated rings. The number of pyridine rings is 1. The van der Waals surface area contributed by atoms with E-state index in [9.17, 15) is 0 Å². The van der Waals surface area contributed by atoms with Crippen molar-refractivity contribution in [3.8, 4) is 0 Å². The minimum Gasteiger partial charge on any atom is -0.236 e. The topological polar surface area (TPSA) is 12.9 Å². The van der Waals surface area contributed by atoms with Gasteiger partial charge in [0.05, 0.1) is 10.5 Å². The van der Waals surface area contributed by atoms with E-state index < -0.39 is 0 Å². The second-order valence-corrected chi connectivity index (χ2v) is 4.65. The molecule has 0 spiro atoms. The molecule has 72 valence electrons. The Labute approximate surface area is 100 Å². The summed E-state index contributed by atoms with van der Waals surface area (Å²) in [6.07, 6.45) is 0. The molecule has 0 amide bonds. The van der Waals surface area contributed by atoms with Gasteiger partial charge in [-0.3, -0.25) is 0 Å². The van der Waals surface area contributed by atoms with E-state index in [1.807, 2.05) is 25.1 Å². The first-order valence-electron chi connectivity index (χ1n) is 4.00. The number of nitrogens with zero attached hydrogens (tertiary/aromatic N) is 1. The molecule has 1 aromatic carbocycles. The number of hydrogen-bond acceptors (Lipinski definition) is 1. The van der Waals surface area contributed by atoms with Crippen molar-refractivity contribution in [2.75, 3.05) is 0 Å². The molecule has 0 bridgehead atoms. The second kappa shape index (κ2) is 3.69. The van der Waals surface area contributed by atoms with Crippen molar-refractivity contribution in [1.82, 2.24) is 4.98 Å². The molecule has 2 rings (SSSR count). The van der Waals surface area contributed by atoms with E-state index in [0.29, 0.717) is 10.2 Å². The largest absolute Gasteiger partial charge is 0.236 e. The fraction of sp³-hybridized carbons (Fsp3) is 0.100. The number of fused-ring (bicyclic) bond motifs is 1. The first kappa shape index (κ1) is 10.2. The molecule has 1 heterocycles. The van der Waals surface area contributed by atoms with E-state index in [1.165, 1.54) is 0 Å². The van der Waals surface area contributed by atoms with Gasteiger partial charge in [0.1, 0.15) is 5.15 Å². The van der Waals surface area contributed by atoms with Crippen LogP contribution >= 0.6 is 39.1 Å². The monoisotopic (exact) mass is 289 g/mol. The molecule has 0 radical (unpaired) electrons. The Morgan fingerprint density at radius 3 is 2.71 bits per heavy atom. The average molecular weight is 291 g/mol. The minimum absolute atomic E-state index is 0.463. The molecular weight excluding hydrogens is 285 g/mol. The van der Waals surface area contributed by atoms with E-state index in [-0.39, 0.29) is 0 Å². The molecule has 0 saturated carbocycles. The summed E-state index contributed by atoms with van der Waals surface area (Å²) in [6.45, 7) is 1.86. The van der Waals surface area contributed by atoms with Crippen LogP contribution in [-0.2, 0) is 0 Å². The fourth-order valence-electron chi connectivity index (χ4n) is 1.26. The average Bonchev–Trinajstić information content (AvgIpc) is 2.16. The van der Waals surface area contributed by atoms with Gasteiger partial charge < -0.3 is 0 Å². The minimum atomic E-state index is 0.463. The standard InChI is InChI=1S/C10H6BrCl2N/c1-5-9(12)7-4-6(11)2-3-8(7)14-10(5)13/h2-4H,1H3. The molecule has 1 aromatic heterocycles. The van der Waals surface area contributed by atoms with Crippen LogP contribution in [0.2, 0.25) is 10.2 Å². The molecule has 0 unspecified atom stereocenters. The van der Waals surface area contributed by atoms with Crippen LogP contribution in [0.4, 0.5) is 0 Å². The van der Waals surface area contributed by atoms with Gasteiger partial charge in [0.25, 0.3) is 0 Å². The zero-order valence-corrected chi connectivity index (χ0v) is 10.4. The quantitative estimate of drug-likeness (QED) is 0.646.